The second-order valence-electron chi connectivity index (χ2n) is 12.5. The minimum Gasteiger partial charge on any atom is -0.398 e. The number of aliphatic hydroxyl groups excluding tert-OH is 2. The molecule has 1 saturated carbocycles. The van der Waals surface area contributed by atoms with Crippen molar-refractivity contribution >= 4 is 65.8 Å². The van der Waals surface area contributed by atoms with Crippen molar-refractivity contribution in [3.63, 3.8) is 0 Å². The van der Waals surface area contributed by atoms with Crippen molar-refractivity contribution in [1.29, 1.82) is 0 Å². The third-order valence-electron chi connectivity index (χ3n) is 9.94. The molecule has 2 atom stereocenters. The van der Waals surface area contributed by atoms with Gasteiger partial charge in [-0.2, -0.15) is 0 Å². The lowest BCUT2D eigenvalue weighted by atomic mass is 9.60. The molecule has 6 aromatic carbocycles. The van der Waals surface area contributed by atoms with E-state index in [2.05, 4.69) is 104 Å². The van der Waals surface area contributed by atoms with Crippen molar-refractivity contribution in [1.82, 2.24) is 0 Å². The summed E-state index contributed by atoms with van der Waals surface area (Å²) in [7, 11) is 8.35. The van der Waals surface area contributed by atoms with Crippen molar-refractivity contribution in [2.24, 2.45) is 0 Å². The van der Waals surface area contributed by atoms with E-state index < -0.39 is 24.0 Å². The van der Waals surface area contributed by atoms with E-state index in [1.165, 1.54) is 0 Å². The molecule has 0 bridgehead atoms. The van der Waals surface area contributed by atoms with Gasteiger partial charge in [0.05, 0.1) is 30.3 Å². The minimum atomic E-state index is -0.800. The van der Waals surface area contributed by atoms with Crippen LogP contribution in [0.25, 0.3) is 43.1 Å². The fourth-order valence-corrected chi connectivity index (χ4v) is 8.25. The maximum absolute atomic E-state index is 12.2. The Bertz CT molecular complexity index is 2040. The average Bonchev–Trinajstić information content (AvgIpc) is 3.00. The second kappa shape index (κ2) is 9.24. The number of aliphatic hydroxyl groups is 2. The topological polar surface area (TPSA) is 76.2 Å². The Morgan fingerprint density at radius 2 is 1.16 bits per heavy atom. The van der Waals surface area contributed by atoms with Crippen LogP contribution in [0.15, 0.2) is 84.9 Å². The Morgan fingerprint density at radius 1 is 0.628 bits per heavy atom. The number of hydrogen-bond acceptors (Lipinski definition) is 6. The first-order valence-electron chi connectivity index (χ1n) is 15.0. The van der Waals surface area contributed by atoms with E-state index in [0.29, 0.717) is 5.69 Å². The van der Waals surface area contributed by atoms with Crippen LogP contribution in [0.4, 0.5) is 22.7 Å². The van der Waals surface area contributed by atoms with Gasteiger partial charge in [0.2, 0.25) is 0 Å². The van der Waals surface area contributed by atoms with Crippen molar-refractivity contribution < 1.29 is 10.2 Å². The first kappa shape index (κ1) is 26.1. The molecule has 6 heteroatoms. The fourth-order valence-electron chi connectivity index (χ4n) is 8.25. The first-order chi connectivity index (χ1) is 20.8. The second-order valence-corrected chi connectivity index (χ2v) is 12.5. The van der Waals surface area contributed by atoms with Gasteiger partial charge in [-0.05, 0) is 39.4 Å². The van der Waals surface area contributed by atoms with E-state index >= 15 is 0 Å². The Hall–Kier alpha value is -4.52. The van der Waals surface area contributed by atoms with Gasteiger partial charge in [0.15, 0.2) is 0 Å². The van der Waals surface area contributed by atoms with Crippen molar-refractivity contribution in [2.75, 3.05) is 55.3 Å². The normalized spacial score (nSPS) is 21.6. The summed E-state index contributed by atoms with van der Waals surface area (Å²) in [4.78, 5) is 6.67. The highest BCUT2D eigenvalue weighted by atomic mass is 16.3. The maximum atomic E-state index is 12.2. The van der Waals surface area contributed by atoms with Crippen LogP contribution < -0.4 is 20.4 Å². The summed E-state index contributed by atoms with van der Waals surface area (Å²) in [6, 6.07) is 29.1. The Labute approximate surface area is 251 Å². The van der Waals surface area contributed by atoms with Crippen LogP contribution in [-0.2, 0) is 0 Å². The van der Waals surface area contributed by atoms with E-state index in [4.69, 9.17) is 5.73 Å². The summed E-state index contributed by atoms with van der Waals surface area (Å²) in [5.74, 6) is -0.947. The fraction of sp³-hybridized carbons (Fsp3) is 0.243. The molecule has 216 valence electrons. The molecule has 0 aromatic heterocycles. The molecule has 8 rings (SSSR count). The lowest BCUT2D eigenvalue weighted by molar-refractivity contribution is -0.0765. The van der Waals surface area contributed by atoms with E-state index in [9.17, 15) is 10.2 Å². The van der Waals surface area contributed by atoms with Crippen LogP contribution in [0, 0.1) is 0 Å². The Kier molecular flexibility index (Phi) is 5.61. The molecule has 0 saturated heterocycles. The first-order valence-corrected chi connectivity index (χ1v) is 15.0. The average molecular weight is 569 g/mol. The van der Waals surface area contributed by atoms with E-state index in [0.717, 1.165) is 77.9 Å². The summed E-state index contributed by atoms with van der Waals surface area (Å²) >= 11 is 0. The van der Waals surface area contributed by atoms with Gasteiger partial charge in [0.25, 0.3) is 0 Å². The highest BCUT2D eigenvalue weighted by Gasteiger charge is 2.53. The summed E-state index contributed by atoms with van der Waals surface area (Å²) < 4.78 is 0. The molecular formula is C37H36N4O2. The van der Waals surface area contributed by atoms with Gasteiger partial charge >= 0.3 is 0 Å². The molecule has 1 heterocycles. The zero-order valence-electron chi connectivity index (χ0n) is 24.9. The van der Waals surface area contributed by atoms with Gasteiger partial charge in [0, 0.05) is 78.3 Å². The molecule has 6 aromatic rings. The predicted octanol–water partition coefficient (Wildman–Crippen LogP) is 6.39. The van der Waals surface area contributed by atoms with E-state index in [-0.39, 0.29) is 0 Å². The predicted molar refractivity (Wildman–Crippen MR) is 181 cm³/mol. The summed E-state index contributed by atoms with van der Waals surface area (Å²) in [5.41, 5.74) is 12.8. The van der Waals surface area contributed by atoms with Crippen LogP contribution in [0.2, 0.25) is 0 Å². The quantitative estimate of drug-likeness (QED) is 0.170. The van der Waals surface area contributed by atoms with Crippen molar-refractivity contribution in [2.45, 2.75) is 24.0 Å². The third kappa shape index (κ3) is 3.42. The molecular weight excluding hydrogens is 532 g/mol. The molecule has 1 fully saturated rings. The van der Waals surface area contributed by atoms with Gasteiger partial charge in [-0.15, -0.1) is 0 Å². The van der Waals surface area contributed by atoms with E-state index in [1.54, 1.807) is 0 Å². The molecule has 1 aliphatic carbocycles. The molecule has 2 unspecified atom stereocenters. The minimum absolute atomic E-state index is 0.452. The lowest BCUT2D eigenvalue weighted by Gasteiger charge is -2.49. The number of benzene rings is 6. The standard InChI is InChI=1S/C37H36N4O2/c1-39(2)34-22-13-7-5-11-20(22)28(21-12-6-8-14-23(21)34)32-36(42)33(37(32)43)31-24-15-10-18-27-30(24)35(41(4)19-40(27)3)25-16-9-17-26(38)29(25)31/h5-18,32-33,36-37,42-43H,19,38H2,1-4H3. The molecule has 2 aliphatic rings. The van der Waals surface area contributed by atoms with Crippen LogP contribution in [0.5, 0.6) is 0 Å². The van der Waals surface area contributed by atoms with Gasteiger partial charge in [-0.1, -0.05) is 72.8 Å². The molecule has 1 aliphatic heterocycles. The van der Waals surface area contributed by atoms with Gasteiger partial charge < -0.3 is 30.6 Å². The summed E-state index contributed by atoms with van der Waals surface area (Å²) in [6.45, 7) is 0.759. The molecule has 43 heavy (non-hydrogen) atoms. The van der Waals surface area contributed by atoms with Crippen LogP contribution in [0.1, 0.15) is 23.0 Å². The third-order valence-corrected chi connectivity index (χ3v) is 9.94. The van der Waals surface area contributed by atoms with Crippen LogP contribution >= 0.6 is 0 Å². The summed E-state index contributed by atoms with van der Waals surface area (Å²) in [6.07, 6.45) is -1.60. The largest absolute Gasteiger partial charge is 0.398 e. The van der Waals surface area contributed by atoms with Crippen molar-refractivity contribution in [3.8, 4) is 0 Å². The highest BCUT2D eigenvalue weighted by molar-refractivity contribution is 6.21. The number of rotatable bonds is 3. The number of hydrogen-bond donors (Lipinski definition) is 3. The zero-order valence-corrected chi connectivity index (χ0v) is 24.9. The lowest BCUT2D eigenvalue weighted by Crippen LogP contribution is -2.52. The van der Waals surface area contributed by atoms with Gasteiger partial charge in [-0.3, -0.25) is 0 Å². The van der Waals surface area contributed by atoms with Crippen LogP contribution in [0.3, 0.4) is 0 Å². The smallest absolute Gasteiger partial charge is 0.0897 e. The highest BCUT2D eigenvalue weighted by Crippen LogP contribution is 2.57. The molecule has 0 spiro atoms. The van der Waals surface area contributed by atoms with E-state index in [1.807, 2.05) is 24.3 Å². The number of anilines is 4. The van der Waals surface area contributed by atoms with Crippen LogP contribution in [-0.4, -0.2) is 57.3 Å². The summed E-state index contributed by atoms with van der Waals surface area (Å²) in [5, 5.41) is 33.0. The molecule has 4 N–H and O–H groups in total. The van der Waals surface area contributed by atoms with Gasteiger partial charge in [-0.25, -0.2) is 0 Å². The zero-order chi connectivity index (χ0) is 29.7. The Morgan fingerprint density at radius 3 is 1.79 bits per heavy atom. The van der Waals surface area contributed by atoms with Gasteiger partial charge in [0.1, 0.15) is 0 Å². The molecule has 0 radical (unpaired) electrons. The molecule has 6 nitrogen and oxygen atoms in total. The maximum Gasteiger partial charge on any atom is 0.0897 e. The number of nitrogen functional groups attached to an aromatic ring is 1. The number of fused-ring (bicyclic) bond motifs is 4. The number of nitrogens with zero attached hydrogens (tertiary/aromatic N) is 3. The monoisotopic (exact) mass is 568 g/mol. The SMILES string of the molecule is CN(C)c1c2ccccc2c(C2C(O)C(c3c4cccc5c4c(c4cccc(N)c34)N(C)CN5C)C2O)c2ccccc12. The Balaban J connectivity index is 1.39. The molecule has 0 amide bonds. The number of nitrogens with two attached hydrogens (primary N) is 1. The van der Waals surface area contributed by atoms with Crippen molar-refractivity contribution in [3.05, 3.63) is 96.1 Å².